The number of aromatic nitrogens is 2. The molecule has 20 heavy (non-hydrogen) atoms. The van der Waals surface area contributed by atoms with E-state index < -0.39 is 0 Å². The Kier molecular flexibility index (Phi) is 5.80. The van der Waals surface area contributed by atoms with Gasteiger partial charge in [-0.15, -0.1) is 11.3 Å². The van der Waals surface area contributed by atoms with Crippen LogP contribution in [-0.2, 0) is 0 Å². The van der Waals surface area contributed by atoms with Crippen molar-refractivity contribution in [2.75, 3.05) is 11.9 Å². The third kappa shape index (κ3) is 4.20. The van der Waals surface area contributed by atoms with Crippen LogP contribution < -0.4 is 10.1 Å². The number of nitrogens with one attached hydrogen (secondary N) is 1. The van der Waals surface area contributed by atoms with Crippen LogP contribution in [0.4, 0.5) is 5.95 Å². The highest BCUT2D eigenvalue weighted by molar-refractivity contribution is 7.10. The molecule has 2 rings (SSSR count). The third-order valence-electron chi connectivity index (χ3n) is 2.85. The van der Waals surface area contributed by atoms with Crippen LogP contribution >= 0.6 is 11.3 Å². The first kappa shape index (κ1) is 14.8. The van der Waals surface area contributed by atoms with E-state index in [2.05, 4.69) is 46.6 Å². The maximum atomic E-state index is 5.54. The van der Waals surface area contributed by atoms with Gasteiger partial charge in [-0.1, -0.05) is 26.3 Å². The maximum Gasteiger partial charge on any atom is 0.226 e. The molecule has 0 aromatic carbocycles. The molecular formula is C15H21N3OS. The number of anilines is 1. The molecule has 0 aliphatic carbocycles. The molecule has 0 spiro atoms. The Hall–Kier alpha value is -1.62. The molecule has 0 bridgehead atoms. The summed E-state index contributed by atoms with van der Waals surface area (Å²) in [5.41, 5.74) is 0. The number of nitrogens with zero attached hydrogens (tertiary/aromatic N) is 2. The van der Waals surface area contributed by atoms with Gasteiger partial charge in [-0.3, -0.25) is 0 Å². The zero-order valence-electron chi connectivity index (χ0n) is 12.0. The van der Waals surface area contributed by atoms with Crippen molar-refractivity contribution in [1.82, 2.24) is 9.97 Å². The van der Waals surface area contributed by atoms with Crippen molar-refractivity contribution in [3.05, 3.63) is 34.7 Å². The summed E-state index contributed by atoms with van der Waals surface area (Å²) in [5, 5.41) is 5.51. The van der Waals surface area contributed by atoms with Crippen LogP contribution in [0.25, 0.3) is 0 Å². The van der Waals surface area contributed by atoms with Gasteiger partial charge in [-0.2, -0.15) is 4.98 Å². The van der Waals surface area contributed by atoms with E-state index in [1.54, 1.807) is 23.6 Å². The molecule has 108 valence electrons. The number of hydrogen-bond donors (Lipinski definition) is 1. The van der Waals surface area contributed by atoms with Crippen molar-refractivity contribution in [3.8, 4) is 5.88 Å². The zero-order valence-corrected chi connectivity index (χ0v) is 12.8. The number of hydrogen-bond acceptors (Lipinski definition) is 5. The van der Waals surface area contributed by atoms with E-state index in [9.17, 15) is 0 Å². The molecule has 0 amide bonds. The Morgan fingerprint density at radius 2 is 2.20 bits per heavy atom. The minimum absolute atomic E-state index is 0.265. The largest absolute Gasteiger partial charge is 0.478 e. The van der Waals surface area contributed by atoms with Crippen molar-refractivity contribution in [3.63, 3.8) is 0 Å². The molecule has 2 aromatic heterocycles. The SMILES string of the molecule is CCCOc1ccnc(NC(CCC)c2cccs2)n1. The van der Waals surface area contributed by atoms with Crippen LogP contribution in [-0.4, -0.2) is 16.6 Å². The summed E-state index contributed by atoms with van der Waals surface area (Å²) in [5.74, 6) is 1.26. The van der Waals surface area contributed by atoms with Gasteiger partial charge in [0.2, 0.25) is 11.8 Å². The fourth-order valence-electron chi connectivity index (χ4n) is 1.92. The van der Waals surface area contributed by atoms with E-state index in [4.69, 9.17) is 4.74 Å². The van der Waals surface area contributed by atoms with Gasteiger partial charge in [0.05, 0.1) is 12.6 Å². The predicted molar refractivity (Wildman–Crippen MR) is 83.4 cm³/mol. The van der Waals surface area contributed by atoms with Crippen molar-refractivity contribution < 1.29 is 4.74 Å². The molecule has 2 heterocycles. The van der Waals surface area contributed by atoms with E-state index in [-0.39, 0.29) is 6.04 Å². The van der Waals surface area contributed by atoms with Crippen LogP contribution in [0.2, 0.25) is 0 Å². The minimum Gasteiger partial charge on any atom is -0.478 e. The molecule has 1 N–H and O–H groups in total. The van der Waals surface area contributed by atoms with E-state index in [1.807, 2.05) is 0 Å². The summed E-state index contributed by atoms with van der Waals surface area (Å²) in [6.45, 7) is 4.94. The highest BCUT2D eigenvalue weighted by atomic mass is 32.1. The van der Waals surface area contributed by atoms with Crippen molar-refractivity contribution in [2.24, 2.45) is 0 Å². The second-order valence-electron chi connectivity index (χ2n) is 4.57. The Morgan fingerprint density at radius 3 is 2.90 bits per heavy atom. The molecule has 0 aliphatic rings. The summed E-state index contributed by atoms with van der Waals surface area (Å²) in [6.07, 6.45) is 4.88. The van der Waals surface area contributed by atoms with Gasteiger partial charge < -0.3 is 10.1 Å². The topological polar surface area (TPSA) is 47.0 Å². The van der Waals surface area contributed by atoms with Crippen molar-refractivity contribution in [1.29, 1.82) is 0 Å². The van der Waals surface area contributed by atoms with Crippen LogP contribution in [0.3, 0.4) is 0 Å². The molecule has 1 unspecified atom stereocenters. The summed E-state index contributed by atoms with van der Waals surface area (Å²) in [4.78, 5) is 10.00. The average Bonchev–Trinajstić information content (AvgIpc) is 2.99. The second kappa shape index (κ2) is 7.85. The first-order valence-corrected chi connectivity index (χ1v) is 7.97. The molecule has 0 saturated heterocycles. The van der Waals surface area contributed by atoms with E-state index in [1.165, 1.54) is 4.88 Å². The molecule has 2 aromatic rings. The van der Waals surface area contributed by atoms with E-state index >= 15 is 0 Å². The molecule has 0 fully saturated rings. The lowest BCUT2D eigenvalue weighted by Gasteiger charge is -2.16. The smallest absolute Gasteiger partial charge is 0.226 e. The van der Waals surface area contributed by atoms with E-state index in [0.717, 1.165) is 19.3 Å². The van der Waals surface area contributed by atoms with Crippen LogP contribution in [0.1, 0.15) is 44.0 Å². The van der Waals surface area contributed by atoms with Crippen molar-refractivity contribution in [2.45, 2.75) is 39.2 Å². The molecule has 0 radical (unpaired) electrons. The number of ether oxygens (including phenoxy) is 1. The normalized spacial score (nSPS) is 12.1. The Labute approximate surface area is 124 Å². The van der Waals surface area contributed by atoms with Crippen LogP contribution in [0.15, 0.2) is 29.8 Å². The van der Waals surface area contributed by atoms with Gasteiger partial charge in [-0.25, -0.2) is 4.98 Å². The first-order valence-electron chi connectivity index (χ1n) is 7.09. The average molecular weight is 291 g/mol. The standard InChI is InChI=1S/C15H21N3OS/c1-3-6-12(13-7-5-11-20-13)17-15-16-9-8-14(18-15)19-10-4-2/h5,7-9,11-12H,3-4,6,10H2,1-2H3,(H,16,17,18). The van der Waals surface area contributed by atoms with Gasteiger partial charge in [-0.05, 0) is 24.3 Å². The van der Waals surface area contributed by atoms with Gasteiger partial charge in [0, 0.05) is 17.1 Å². The molecule has 4 nitrogen and oxygen atoms in total. The van der Waals surface area contributed by atoms with Gasteiger partial charge in [0.15, 0.2) is 0 Å². The molecule has 1 atom stereocenters. The monoisotopic (exact) mass is 291 g/mol. The fraction of sp³-hybridized carbons (Fsp3) is 0.467. The molecule has 0 saturated carbocycles. The summed E-state index contributed by atoms with van der Waals surface area (Å²) < 4.78 is 5.54. The third-order valence-corrected chi connectivity index (χ3v) is 3.84. The predicted octanol–water partition coefficient (Wildman–Crippen LogP) is 4.28. The van der Waals surface area contributed by atoms with Crippen molar-refractivity contribution >= 4 is 17.3 Å². The number of rotatable bonds is 8. The lowest BCUT2D eigenvalue weighted by Crippen LogP contribution is -2.12. The highest BCUT2D eigenvalue weighted by Gasteiger charge is 2.13. The zero-order chi connectivity index (χ0) is 14.2. The Balaban J connectivity index is 2.06. The fourth-order valence-corrected chi connectivity index (χ4v) is 2.73. The molecule has 5 heteroatoms. The highest BCUT2D eigenvalue weighted by Crippen LogP contribution is 2.26. The Morgan fingerprint density at radius 1 is 1.30 bits per heavy atom. The Bertz CT molecular complexity index is 502. The van der Waals surface area contributed by atoms with E-state index in [0.29, 0.717) is 18.4 Å². The molecule has 0 aliphatic heterocycles. The van der Waals surface area contributed by atoms with Gasteiger partial charge in [0.25, 0.3) is 0 Å². The maximum absolute atomic E-state index is 5.54. The summed E-state index contributed by atoms with van der Waals surface area (Å²) in [7, 11) is 0. The first-order chi connectivity index (χ1) is 9.83. The molecular weight excluding hydrogens is 270 g/mol. The minimum atomic E-state index is 0.265. The summed E-state index contributed by atoms with van der Waals surface area (Å²) >= 11 is 1.76. The lowest BCUT2D eigenvalue weighted by molar-refractivity contribution is 0.305. The number of thiophene rings is 1. The van der Waals surface area contributed by atoms with Gasteiger partial charge >= 0.3 is 0 Å². The van der Waals surface area contributed by atoms with Crippen LogP contribution in [0.5, 0.6) is 5.88 Å². The lowest BCUT2D eigenvalue weighted by atomic mass is 10.1. The summed E-state index contributed by atoms with van der Waals surface area (Å²) in [6, 6.07) is 6.28. The second-order valence-corrected chi connectivity index (χ2v) is 5.55. The quantitative estimate of drug-likeness (QED) is 0.788. The van der Waals surface area contributed by atoms with Crippen LogP contribution in [0, 0.1) is 0 Å². The van der Waals surface area contributed by atoms with Gasteiger partial charge in [0.1, 0.15) is 0 Å².